The molecule has 0 radical (unpaired) electrons. The summed E-state index contributed by atoms with van der Waals surface area (Å²) in [5.41, 5.74) is 0.704. The normalized spacial score (nSPS) is 27.2. The lowest BCUT2D eigenvalue weighted by Crippen LogP contribution is -2.52. The van der Waals surface area contributed by atoms with Crippen LogP contribution >= 0.6 is 0 Å². The SMILES string of the molecule is O=C(Cc1ccc(S(=O)(=O)N2CCCCC2)cc1)N[C@@H]1CS(=O)(=O)C[C@H]1N1CCCCC1. The molecule has 3 aliphatic rings. The van der Waals surface area contributed by atoms with Crippen LogP contribution in [0.15, 0.2) is 29.2 Å². The van der Waals surface area contributed by atoms with Crippen LogP contribution in [0, 0.1) is 0 Å². The number of carbonyl (C=O) groups is 1. The summed E-state index contributed by atoms with van der Waals surface area (Å²) in [6.07, 6.45) is 6.19. The fourth-order valence-corrected chi connectivity index (χ4v) is 8.52. The second kappa shape index (κ2) is 9.79. The molecule has 178 valence electrons. The molecule has 1 aromatic rings. The van der Waals surface area contributed by atoms with Crippen LogP contribution in [0.3, 0.4) is 0 Å². The van der Waals surface area contributed by atoms with Crippen molar-refractivity contribution in [3.63, 3.8) is 0 Å². The van der Waals surface area contributed by atoms with Crippen molar-refractivity contribution >= 4 is 25.8 Å². The average Bonchev–Trinajstić information content (AvgIpc) is 3.09. The van der Waals surface area contributed by atoms with Crippen molar-refractivity contribution in [3.05, 3.63) is 29.8 Å². The topological polar surface area (TPSA) is 104 Å². The predicted molar refractivity (Wildman–Crippen MR) is 123 cm³/mol. The molecule has 1 aromatic carbocycles. The van der Waals surface area contributed by atoms with Crippen LogP contribution in [0.2, 0.25) is 0 Å². The van der Waals surface area contributed by atoms with Gasteiger partial charge in [-0.25, -0.2) is 16.8 Å². The minimum Gasteiger partial charge on any atom is -0.350 e. The molecule has 3 fully saturated rings. The Bertz CT molecular complexity index is 1010. The number of carbonyl (C=O) groups excluding carboxylic acids is 1. The highest BCUT2D eigenvalue weighted by Gasteiger charge is 2.41. The maximum absolute atomic E-state index is 12.8. The number of sulfonamides is 1. The second-order valence-corrected chi connectivity index (χ2v) is 13.3. The molecular weight excluding hydrogens is 450 g/mol. The zero-order valence-corrected chi connectivity index (χ0v) is 20.0. The summed E-state index contributed by atoms with van der Waals surface area (Å²) in [7, 11) is -6.67. The molecule has 4 rings (SSSR count). The first-order valence-electron chi connectivity index (χ1n) is 11.6. The summed E-state index contributed by atoms with van der Waals surface area (Å²) in [6.45, 7) is 2.85. The maximum atomic E-state index is 12.8. The van der Waals surface area contributed by atoms with Crippen LogP contribution in [-0.4, -0.2) is 81.7 Å². The van der Waals surface area contributed by atoms with Crippen molar-refractivity contribution in [2.45, 2.75) is 61.9 Å². The van der Waals surface area contributed by atoms with Gasteiger partial charge in [0.15, 0.2) is 9.84 Å². The Morgan fingerprint density at radius 2 is 1.50 bits per heavy atom. The van der Waals surface area contributed by atoms with Gasteiger partial charge in [-0.2, -0.15) is 4.31 Å². The fourth-order valence-electron chi connectivity index (χ4n) is 5.05. The molecule has 0 spiro atoms. The standard InChI is InChI=1S/C22H33N3O5S2/c26-22(23-20-16-31(27,28)17-21(20)24-11-3-1-4-12-24)15-18-7-9-19(10-8-18)32(29,30)25-13-5-2-6-14-25/h7-10,20-21H,1-6,11-17H2,(H,23,26)/t20-,21-/m1/s1. The van der Waals surface area contributed by atoms with Crippen molar-refractivity contribution in [2.24, 2.45) is 0 Å². The molecule has 0 saturated carbocycles. The quantitative estimate of drug-likeness (QED) is 0.652. The highest BCUT2D eigenvalue weighted by Crippen LogP contribution is 2.23. The summed E-state index contributed by atoms with van der Waals surface area (Å²) >= 11 is 0. The minimum absolute atomic E-state index is 0.0209. The van der Waals surface area contributed by atoms with E-state index in [1.54, 1.807) is 24.3 Å². The number of sulfone groups is 1. The van der Waals surface area contributed by atoms with Gasteiger partial charge in [0.05, 0.1) is 28.9 Å². The van der Waals surface area contributed by atoms with Crippen LogP contribution in [0.25, 0.3) is 0 Å². The number of nitrogens with zero attached hydrogens (tertiary/aromatic N) is 2. The summed E-state index contributed by atoms with van der Waals surface area (Å²) < 4.78 is 51.6. The molecule has 3 heterocycles. The maximum Gasteiger partial charge on any atom is 0.243 e. The summed E-state index contributed by atoms with van der Waals surface area (Å²) in [5.74, 6) is -0.158. The Hall–Kier alpha value is -1.49. The van der Waals surface area contributed by atoms with Crippen molar-refractivity contribution in [3.8, 4) is 0 Å². The van der Waals surface area contributed by atoms with Gasteiger partial charge in [0.25, 0.3) is 0 Å². The van der Waals surface area contributed by atoms with Crippen LogP contribution in [-0.2, 0) is 31.1 Å². The number of piperidine rings is 2. The Kier molecular flexibility index (Phi) is 7.24. The Morgan fingerprint density at radius 3 is 2.12 bits per heavy atom. The molecule has 2 atom stereocenters. The molecular formula is C22H33N3O5S2. The first-order chi connectivity index (χ1) is 15.2. The third-order valence-corrected chi connectivity index (χ3v) is 10.4. The lowest BCUT2D eigenvalue weighted by atomic mass is 10.0. The monoisotopic (exact) mass is 483 g/mol. The van der Waals surface area contributed by atoms with Crippen molar-refractivity contribution in [1.29, 1.82) is 0 Å². The van der Waals surface area contributed by atoms with Crippen LogP contribution in [0.1, 0.15) is 44.1 Å². The zero-order valence-electron chi connectivity index (χ0n) is 18.4. The number of hydrogen-bond acceptors (Lipinski definition) is 6. The highest BCUT2D eigenvalue weighted by molar-refractivity contribution is 7.91. The van der Waals surface area contributed by atoms with E-state index in [1.807, 2.05) is 0 Å². The third kappa shape index (κ3) is 5.52. The van der Waals surface area contributed by atoms with E-state index in [-0.39, 0.29) is 34.8 Å². The summed E-state index contributed by atoms with van der Waals surface area (Å²) in [5, 5.41) is 2.94. The van der Waals surface area contributed by atoms with Gasteiger partial charge >= 0.3 is 0 Å². The van der Waals surface area contributed by atoms with Crippen molar-refractivity contribution < 1.29 is 21.6 Å². The van der Waals surface area contributed by atoms with E-state index < -0.39 is 25.9 Å². The Morgan fingerprint density at radius 1 is 0.906 bits per heavy atom. The average molecular weight is 484 g/mol. The van der Waals surface area contributed by atoms with Gasteiger partial charge in [-0.3, -0.25) is 9.69 Å². The largest absolute Gasteiger partial charge is 0.350 e. The van der Waals surface area contributed by atoms with Gasteiger partial charge in [-0.05, 0) is 56.5 Å². The Balaban J connectivity index is 1.38. The molecule has 0 aliphatic carbocycles. The molecule has 32 heavy (non-hydrogen) atoms. The van der Waals surface area contributed by atoms with Crippen LogP contribution in [0.5, 0.6) is 0 Å². The van der Waals surface area contributed by atoms with E-state index in [0.717, 1.165) is 51.6 Å². The van der Waals surface area contributed by atoms with Gasteiger partial charge in [0.2, 0.25) is 15.9 Å². The molecule has 8 nitrogen and oxygen atoms in total. The first kappa shape index (κ1) is 23.7. The van der Waals surface area contributed by atoms with Gasteiger partial charge in [-0.15, -0.1) is 0 Å². The van der Waals surface area contributed by atoms with Gasteiger partial charge < -0.3 is 5.32 Å². The zero-order chi connectivity index (χ0) is 22.8. The van der Waals surface area contributed by atoms with E-state index in [9.17, 15) is 21.6 Å². The molecule has 0 unspecified atom stereocenters. The third-order valence-electron chi connectivity index (χ3n) is 6.77. The fraction of sp³-hybridized carbons (Fsp3) is 0.682. The molecule has 1 N–H and O–H groups in total. The van der Waals surface area contributed by atoms with Crippen molar-refractivity contribution in [2.75, 3.05) is 37.7 Å². The van der Waals surface area contributed by atoms with Crippen LogP contribution < -0.4 is 5.32 Å². The molecule has 3 saturated heterocycles. The van der Waals surface area contributed by atoms with E-state index in [0.29, 0.717) is 18.7 Å². The summed E-state index contributed by atoms with van der Waals surface area (Å²) in [6, 6.07) is 5.89. The van der Waals surface area contributed by atoms with E-state index >= 15 is 0 Å². The molecule has 0 bridgehead atoms. The van der Waals surface area contributed by atoms with E-state index in [2.05, 4.69) is 10.2 Å². The number of benzene rings is 1. The summed E-state index contributed by atoms with van der Waals surface area (Å²) in [4.78, 5) is 15.1. The van der Waals surface area contributed by atoms with E-state index in [1.165, 1.54) is 4.31 Å². The molecule has 1 amide bonds. The number of hydrogen-bond donors (Lipinski definition) is 1. The second-order valence-electron chi connectivity index (χ2n) is 9.20. The number of amides is 1. The number of nitrogens with one attached hydrogen (secondary N) is 1. The minimum atomic E-state index is -3.50. The first-order valence-corrected chi connectivity index (χ1v) is 14.8. The molecule has 0 aromatic heterocycles. The smallest absolute Gasteiger partial charge is 0.243 e. The highest BCUT2D eigenvalue weighted by atomic mass is 32.2. The molecule has 3 aliphatic heterocycles. The lowest BCUT2D eigenvalue weighted by Gasteiger charge is -2.35. The van der Waals surface area contributed by atoms with Crippen LogP contribution in [0.4, 0.5) is 0 Å². The predicted octanol–water partition coefficient (Wildman–Crippen LogP) is 1.17. The van der Waals surface area contributed by atoms with Gasteiger partial charge in [-0.1, -0.05) is 25.0 Å². The van der Waals surface area contributed by atoms with E-state index in [4.69, 9.17) is 0 Å². The number of likely N-dealkylation sites (tertiary alicyclic amines) is 1. The lowest BCUT2D eigenvalue weighted by molar-refractivity contribution is -0.121. The number of rotatable bonds is 6. The Labute approximate surface area is 191 Å². The molecule has 10 heteroatoms. The van der Waals surface area contributed by atoms with Gasteiger partial charge in [0, 0.05) is 19.1 Å². The van der Waals surface area contributed by atoms with Gasteiger partial charge in [0.1, 0.15) is 0 Å². The van der Waals surface area contributed by atoms with Crippen molar-refractivity contribution in [1.82, 2.24) is 14.5 Å².